The highest BCUT2D eigenvalue weighted by molar-refractivity contribution is 7.09. The Balaban J connectivity index is 2.05. The number of pyridine rings is 1. The molecule has 3 nitrogen and oxygen atoms in total. The molecule has 2 aromatic rings. The third-order valence-electron chi connectivity index (χ3n) is 1.72. The molecule has 0 aliphatic rings. The number of halogens is 2. The Kier molecular flexibility index (Phi) is 3.41. The lowest BCUT2D eigenvalue weighted by Crippen LogP contribution is -2.00. The van der Waals surface area contributed by atoms with Gasteiger partial charge in [0.15, 0.2) is 0 Å². The van der Waals surface area contributed by atoms with E-state index in [1.54, 1.807) is 29.1 Å². The lowest BCUT2D eigenvalue weighted by atomic mass is 10.4. The van der Waals surface area contributed by atoms with Crippen LogP contribution in [0.15, 0.2) is 24.0 Å². The van der Waals surface area contributed by atoms with Crippen molar-refractivity contribution in [3.63, 3.8) is 0 Å². The summed E-state index contributed by atoms with van der Waals surface area (Å²) >= 11 is 13.3. The normalized spacial score (nSPS) is 10.3. The molecule has 0 atom stereocenters. The molecule has 2 rings (SSSR count). The average molecular weight is 260 g/mol. The molecule has 2 heterocycles. The molecule has 6 heteroatoms. The van der Waals surface area contributed by atoms with Gasteiger partial charge in [-0.1, -0.05) is 23.2 Å². The molecule has 1 N–H and O–H groups in total. The van der Waals surface area contributed by atoms with Crippen molar-refractivity contribution in [2.75, 3.05) is 5.32 Å². The molecular weight excluding hydrogens is 253 g/mol. The molecule has 0 saturated carbocycles. The maximum absolute atomic E-state index is 5.95. The third kappa shape index (κ3) is 2.81. The van der Waals surface area contributed by atoms with E-state index in [4.69, 9.17) is 23.2 Å². The number of hydrogen-bond acceptors (Lipinski definition) is 4. The summed E-state index contributed by atoms with van der Waals surface area (Å²) in [4.78, 5) is 9.19. The molecule has 2 aromatic heterocycles. The van der Waals surface area contributed by atoms with Gasteiger partial charge in [-0.3, -0.25) is 4.98 Å². The van der Waals surface area contributed by atoms with Gasteiger partial charge in [-0.15, -0.1) is 11.3 Å². The van der Waals surface area contributed by atoms with Crippen LogP contribution in [0.5, 0.6) is 0 Å². The van der Waals surface area contributed by atoms with E-state index in [2.05, 4.69) is 15.3 Å². The lowest BCUT2D eigenvalue weighted by molar-refractivity contribution is 1.13. The second-order valence-electron chi connectivity index (χ2n) is 2.81. The number of aromatic nitrogens is 2. The Labute approximate surface area is 101 Å². The summed E-state index contributed by atoms with van der Waals surface area (Å²) in [6.45, 7) is 0.666. The highest BCUT2D eigenvalue weighted by Crippen LogP contribution is 2.23. The lowest BCUT2D eigenvalue weighted by Gasteiger charge is -2.05. The molecule has 0 aromatic carbocycles. The van der Waals surface area contributed by atoms with Crippen molar-refractivity contribution in [3.05, 3.63) is 38.9 Å². The molecule has 0 bridgehead atoms. The van der Waals surface area contributed by atoms with Gasteiger partial charge in [0, 0.05) is 17.3 Å². The van der Waals surface area contributed by atoms with Gasteiger partial charge in [-0.2, -0.15) is 0 Å². The minimum atomic E-state index is 0.520. The second-order valence-corrected chi connectivity index (χ2v) is 4.62. The zero-order chi connectivity index (χ0) is 10.7. The summed E-state index contributed by atoms with van der Waals surface area (Å²) in [6.07, 6.45) is 3.37. The van der Waals surface area contributed by atoms with Crippen molar-refractivity contribution >= 4 is 40.4 Å². The van der Waals surface area contributed by atoms with Gasteiger partial charge in [0.05, 0.1) is 22.1 Å². The molecule has 0 aliphatic carbocycles. The second kappa shape index (κ2) is 4.79. The standard InChI is InChI=1S/C9H7Cl2N3S/c10-6-1-8(11)9(13-2-6)14-4-7-3-12-5-15-7/h1-3,5H,4H2,(H,13,14). The van der Waals surface area contributed by atoms with E-state index in [9.17, 15) is 0 Å². The Morgan fingerprint density at radius 3 is 2.87 bits per heavy atom. The van der Waals surface area contributed by atoms with Crippen LogP contribution in [0.1, 0.15) is 4.88 Å². The summed E-state index contributed by atoms with van der Waals surface area (Å²) in [5.74, 6) is 0.634. The first-order chi connectivity index (χ1) is 7.25. The molecule has 0 amide bonds. The van der Waals surface area contributed by atoms with Gasteiger partial charge in [0.25, 0.3) is 0 Å². The minimum absolute atomic E-state index is 0.520. The Morgan fingerprint density at radius 1 is 1.33 bits per heavy atom. The van der Waals surface area contributed by atoms with Crippen molar-refractivity contribution in [2.24, 2.45) is 0 Å². The summed E-state index contributed by atoms with van der Waals surface area (Å²) in [5, 5.41) is 4.16. The topological polar surface area (TPSA) is 37.8 Å². The predicted octanol–water partition coefficient (Wildman–Crippen LogP) is 3.46. The first-order valence-corrected chi connectivity index (χ1v) is 5.81. The van der Waals surface area contributed by atoms with Crippen molar-refractivity contribution in [3.8, 4) is 0 Å². The number of nitrogens with zero attached hydrogens (tertiary/aromatic N) is 2. The van der Waals surface area contributed by atoms with E-state index in [0.29, 0.717) is 22.4 Å². The summed E-state index contributed by atoms with van der Waals surface area (Å²) < 4.78 is 0. The van der Waals surface area contributed by atoms with Crippen LogP contribution in [-0.2, 0) is 6.54 Å². The molecule has 78 valence electrons. The van der Waals surface area contributed by atoms with Crippen molar-refractivity contribution in [2.45, 2.75) is 6.54 Å². The highest BCUT2D eigenvalue weighted by atomic mass is 35.5. The predicted molar refractivity (Wildman–Crippen MR) is 63.7 cm³/mol. The maximum Gasteiger partial charge on any atom is 0.145 e. The number of rotatable bonds is 3. The van der Waals surface area contributed by atoms with Crippen molar-refractivity contribution < 1.29 is 0 Å². The van der Waals surface area contributed by atoms with E-state index in [1.165, 1.54) is 0 Å². The highest BCUT2D eigenvalue weighted by Gasteiger charge is 2.02. The van der Waals surface area contributed by atoms with Crippen molar-refractivity contribution in [1.82, 2.24) is 9.97 Å². The van der Waals surface area contributed by atoms with E-state index in [-0.39, 0.29) is 0 Å². The van der Waals surface area contributed by atoms with Gasteiger partial charge < -0.3 is 5.32 Å². The first kappa shape index (κ1) is 10.7. The largest absolute Gasteiger partial charge is 0.364 e. The third-order valence-corrected chi connectivity index (χ3v) is 3.00. The molecule has 0 unspecified atom stereocenters. The van der Waals surface area contributed by atoms with E-state index in [1.807, 2.05) is 6.20 Å². The van der Waals surface area contributed by atoms with Crippen LogP contribution in [0.3, 0.4) is 0 Å². The van der Waals surface area contributed by atoms with Gasteiger partial charge in [-0.25, -0.2) is 4.98 Å². The van der Waals surface area contributed by atoms with E-state index in [0.717, 1.165) is 4.88 Å². The van der Waals surface area contributed by atoms with Crippen LogP contribution in [0.4, 0.5) is 5.82 Å². The van der Waals surface area contributed by atoms with E-state index < -0.39 is 0 Å². The van der Waals surface area contributed by atoms with Crippen LogP contribution in [0.25, 0.3) is 0 Å². The van der Waals surface area contributed by atoms with Crippen LogP contribution in [-0.4, -0.2) is 9.97 Å². The summed E-state index contributed by atoms with van der Waals surface area (Å²) in [6, 6.07) is 1.66. The summed E-state index contributed by atoms with van der Waals surface area (Å²) in [5.41, 5.74) is 1.79. The monoisotopic (exact) mass is 259 g/mol. The van der Waals surface area contributed by atoms with Gasteiger partial charge >= 0.3 is 0 Å². The Morgan fingerprint density at radius 2 is 2.20 bits per heavy atom. The molecule has 0 fully saturated rings. The molecule has 0 radical (unpaired) electrons. The average Bonchev–Trinajstić information content (AvgIpc) is 2.69. The fraction of sp³-hybridized carbons (Fsp3) is 0.111. The molecule has 0 aliphatic heterocycles. The molecule has 15 heavy (non-hydrogen) atoms. The summed E-state index contributed by atoms with van der Waals surface area (Å²) in [7, 11) is 0. The number of thiazole rings is 1. The van der Waals surface area contributed by atoms with Gasteiger partial charge in [0.2, 0.25) is 0 Å². The zero-order valence-electron chi connectivity index (χ0n) is 7.58. The van der Waals surface area contributed by atoms with Crippen molar-refractivity contribution in [1.29, 1.82) is 0 Å². The van der Waals surface area contributed by atoms with Gasteiger partial charge in [0.1, 0.15) is 5.82 Å². The Bertz CT molecular complexity index is 445. The van der Waals surface area contributed by atoms with E-state index >= 15 is 0 Å². The van der Waals surface area contributed by atoms with Crippen LogP contribution >= 0.6 is 34.5 Å². The first-order valence-electron chi connectivity index (χ1n) is 4.18. The maximum atomic E-state index is 5.95. The smallest absolute Gasteiger partial charge is 0.145 e. The molecule has 0 saturated heterocycles. The quantitative estimate of drug-likeness (QED) is 0.918. The van der Waals surface area contributed by atoms with Gasteiger partial charge in [-0.05, 0) is 6.07 Å². The SMILES string of the molecule is Clc1cnc(NCc2cncs2)c(Cl)c1. The number of nitrogens with one attached hydrogen (secondary N) is 1. The number of anilines is 1. The fourth-order valence-electron chi connectivity index (χ4n) is 1.04. The Hall–Kier alpha value is -0.840. The van der Waals surface area contributed by atoms with Crippen LogP contribution in [0, 0.1) is 0 Å². The molecule has 0 spiro atoms. The number of hydrogen-bond donors (Lipinski definition) is 1. The van der Waals surface area contributed by atoms with Crippen LogP contribution in [0.2, 0.25) is 10.0 Å². The zero-order valence-corrected chi connectivity index (χ0v) is 9.90. The minimum Gasteiger partial charge on any atom is -0.364 e. The molecular formula is C9H7Cl2N3S. The fourth-order valence-corrected chi connectivity index (χ4v) is 2.03. The van der Waals surface area contributed by atoms with Crippen LogP contribution < -0.4 is 5.32 Å².